The monoisotopic (exact) mass is 953 g/mol. The van der Waals surface area contributed by atoms with E-state index in [1.54, 1.807) is 31.1 Å². The largest absolute Gasteiger partial charge is 0.347 e. The zero-order valence-electron chi connectivity index (χ0n) is 40.1. The number of hydrogen-bond donors (Lipinski definition) is 5. The van der Waals surface area contributed by atoms with Crippen LogP contribution in [0.1, 0.15) is 142 Å². The number of rotatable bonds is 21. The predicted octanol–water partition coefficient (Wildman–Crippen LogP) is 5.70. The van der Waals surface area contributed by atoms with Gasteiger partial charge in [0.25, 0.3) is 23.6 Å². The Morgan fingerprint density at radius 2 is 1.47 bits per heavy atom. The number of carbonyl (C=O) groups is 8. The van der Waals surface area contributed by atoms with Crippen LogP contribution in [0.5, 0.6) is 0 Å². The first kappa shape index (κ1) is 49.4. The van der Waals surface area contributed by atoms with E-state index in [1.165, 1.54) is 17.3 Å². The molecule has 0 radical (unpaired) electrons. The molecule has 1 atom stereocenters. The second-order valence-electron chi connectivity index (χ2n) is 19.0. The van der Waals surface area contributed by atoms with Crippen LogP contribution in [0.2, 0.25) is 0 Å². The Morgan fingerprint density at radius 1 is 0.757 bits per heavy atom. The van der Waals surface area contributed by atoms with E-state index in [1.807, 2.05) is 54.6 Å². The van der Waals surface area contributed by atoms with Crippen LogP contribution in [0, 0.1) is 0 Å². The molecule has 1 saturated heterocycles. The molecule has 8 amide bonds. The van der Waals surface area contributed by atoms with Gasteiger partial charge in [-0.1, -0.05) is 62.4 Å². The molecule has 1 unspecified atom stereocenters. The Morgan fingerprint density at radius 3 is 2.17 bits per heavy atom. The van der Waals surface area contributed by atoms with E-state index in [0.717, 1.165) is 94.3 Å². The maximum Gasteiger partial charge on any atom is 0.268 e. The normalized spacial score (nSPS) is 17.1. The predicted molar refractivity (Wildman–Crippen MR) is 263 cm³/mol. The van der Waals surface area contributed by atoms with Gasteiger partial charge in [0.15, 0.2) is 0 Å². The standard InChI is InChI=1S/C53H63N9O8/c1-59(2)50(68)37-19-15-36(16-20-37)34-60-30-31-61-41(23-25-43(61)53(60)27-11-28-53)48(66)55-32-35-17-21-38(22-18-35)56-44(63)14-8-6-4-3-5-7-9-29-54-33-46(65)57-40-13-10-12-39-47(40)52(70)62(51(39)69)42-24-26-45(64)58-49(42)67/h10,12-13,15-23,25,42,54H,3-9,11,14,24,26-34H2,1-2H3,(H,55,66)(H,56,63)(H,57,65)(H,58,64,67). The summed E-state index contributed by atoms with van der Waals surface area (Å²) in [5.74, 6) is -2.97. The number of anilines is 2. The van der Waals surface area contributed by atoms with Gasteiger partial charge in [0, 0.05) is 70.1 Å². The van der Waals surface area contributed by atoms with E-state index in [2.05, 4.69) is 42.1 Å². The minimum atomic E-state index is -1.08. The molecule has 70 heavy (non-hydrogen) atoms. The summed E-state index contributed by atoms with van der Waals surface area (Å²) in [6, 6.07) is 23.0. The van der Waals surface area contributed by atoms with E-state index in [-0.39, 0.29) is 65.4 Å². The van der Waals surface area contributed by atoms with Gasteiger partial charge < -0.3 is 30.7 Å². The molecule has 1 aliphatic carbocycles. The zero-order valence-corrected chi connectivity index (χ0v) is 40.1. The number of nitrogens with zero attached hydrogens (tertiary/aromatic N) is 4. The Hall–Kier alpha value is -6.98. The van der Waals surface area contributed by atoms with Crippen LogP contribution in [0.25, 0.3) is 0 Å². The lowest BCUT2D eigenvalue weighted by Gasteiger charge is -2.53. The molecule has 0 bridgehead atoms. The second kappa shape index (κ2) is 22.2. The van der Waals surface area contributed by atoms with Crippen molar-refractivity contribution in [3.8, 4) is 0 Å². The fourth-order valence-corrected chi connectivity index (χ4v) is 10.1. The Kier molecular flexibility index (Phi) is 15.7. The Bertz CT molecular complexity index is 2640. The highest BCUT2D eigenvalue weighted by molar-refractivity contribution is 6.26. The third kappa shape index (κ3) is 11.1. The van der Waals surface area contributed by atoms with Crippen molar-refractivity contribution in [3.05, 3.63) is 118 Å². The molecule has 1 spiro atoms. The van der Waals surface area contributed by atoms with Gasteiger partial charge in [0.1, 0.15) is 11.7 Å². The van der Waals surface area contributed by atoms with E-state index in [4.69, 9.17) is 0 Å². The molecule has 4 aliphatic rings. The smallest absolute Gasteiger partial charge is 0.268 e. The van der Waals surface area contributed by atoms with Gasteiger partial charge in [-0.05, 0) is 105 Å². The van der Waals surface area contributed by atoms with E-state index < -0.39 is 29.7 Å². The first-order chi connectivity index (χ1) is 33.8. The summed E-state index contributed by atoms with van der Waals surface area (Å²) in [7, 11) is 3.51. The molecule has 17 nitrogen and oxygen atoms in total. The fraction of sp³-hybridized carbons (Fsp3) is 0.434. The molecule has 5 N–H and O–H groups in total. The molecule has 3 aliphatic heterocycles. The molecule has 4 heterocycles. The number of fused-ring (bicyclic) bond motifs is 3. The Balaban J connectivity index is 0.672. The molecule has 8 rings (SSSR count). The third-order valence-electron chi connectivity index (χ3n) is 14.0. The van der Waals surface area contributed by atoms with Gasteiger partial charge >= 0.3 is 0 Å². The minimum absolute atomic E-state index is 0.00838. The number of nitrogens with one attached hydrogen (secondary N) is 5. The van der Waals surface area contributed by atoms with Crippen molar-refractivity contribution in [1.29, 1.82) is 0 Å². The van der Waals surface area contributed by atoms with Crippen LogP contribution in [-0.4, -0.2) is 106 Å². The fourth-order valence-electron chi connectivity index (χ4n) is 10.1. The van der Waals surface area contributed by atoms with Crippen molar-refractivity contribution in [2.75, 3.05) is 44.4 Å². The summed E-state index contributed by atoms with van der Waals surface area (Å²) < 4.78 is 2.19. The van der Waals surface area contributed by atoms with Crippen LogP contribution in [0.3, 0.4) is 0 Å². The number of carbonyl (C=O) groups excluding carboxylic acids is 8. The quantitative estimate of drug-likeness (QED) is 0.0508. The van der Waals surface area contributed by atoms with Crippen molar-refractivity contribution < 1.29 is 38.4 Å². The molecular formula is C53H63N9O8. The Labute approximate surface area is 408 Å². The molecule has 1 saturated carbocycles. The average molecular weight is 954 g/mol. The van der Waals surface area contributed by atoms with Crippen molar-refractivity contribution in [3.63, 3.8) is 0 Å². The number of unbranched alkanes of at least 4 members (excludes halogenated alkanes) is 6. The van der Waals surface area contributed by atoms with Gasteiger partial charge in [-0.15, -0.1) is 0 Å². The molecule has 1 aromatic heterocycles. The maximum absolute atomic E-state index is 13.5. The molecule has 3 aromatic carbocycles. The van der Waals surface area contributed by atoms with E-state index in [0.29, 0.717) is 36.5 Å². The van der Waals surface area contributed by atoms with Crippen molar-refractivity contribution >= 4 is 58.6 Å². The summed E-state index contributed by atoms with van der Waals surface area (Å²) >= 11 is 0. The first-order valence-electron chi connectivity index (χ1n) is 24.6. The summed E-state index contributed by atoms with van der Waals surface area (Å²) in [5.41, 5.74) is 5.60. The summed E-state index contributed by atoms with van der Waals surface area (Å²) in [5, 5.41) is 14.1. The van der Waals surface area contributed by atoms with Crippen LogP contribution in [-0.2, 0) is 44.4 Å². The lowest BCUT2D eigenvalue weighted by Crippen LogP contribution is -2.56. The second-order valence-corrected chi connectivity index (χ2v) is 19.0. The number of amides is 8. The zero-order chi connectivity index (χ0) is 49.4. The number of imide groups is 2. The van der Waals surface area contributed by atoms with Gasteiger partial charge in [0.2, 0.25) is 23.6 Å². The highest BCUT2D eigenvalue weighted by atomic mass is 16.2. The average Bonchev–Trinajstić information content (AvgIpc) is 3.88. The van der Waals surface area contributed by atoms with Crippen LogP contribution < -0.4 is 26.6 Å². The third-order valence-corrected chi connectivity index (χ3v) is 14.0. The first-order valence-corrected chi connectivity index (χ1v) is 24.6. The van der Waals surface area contributed by atoms with Crippen LogP contribution in [0.15, 0.2) is 78.9 Å². The maximum atomic E-state index is 13.5. The minimum Gasteiger partial charge on any atom is -0.347 e. The van der Waals surface area contributed by atoms with Gasteiger partial charge in [-0.3, -0.25) is 53.5 Å². The molecular weight excluding hydrogens is 891 g/mol. The molecule has 368 valence electrons. The van der Waals surface area contributed by atoms with Gasteiger partial charge in [-0.25, -0.2) is 0 Å². The highest BCUT2D eigenvalue weighted by Gasteiger charge is 2.49. The lowest BCUT2D eigenvalue weighted by atomic mass is 9.71. The number of benzene rings is 3. The SMILES string of the molecule is CN(C)C(=O)c1ccc(CN2CCn3c(C(=O)NCc4ccc(NC(=O)CCCCCCCCCNCC(=O)Nc5cccc6c5C(=O)N(C5CCC(=O)NC5=O)C6=O)cc4)ccc3C23CCC3)cc1. The summed E-state index contributed by atoms with van der Waals surface area (Å²) in [4.78, 5) is 107. The van der Waals surface area contributed by atoms with Crippen LogP contribution in [0.4, 0.5) is 11.4 Å². The van der Waals surface area contributed by atoms with Crippen LogP contribution >= 0.6 is 0 Å². The highest BCUT2D eigenvalue weighted by Crippen LogP contribution is 2.49. The molecule has 4 aromatic rings. The number of hydrogen-bond acceptors (Lipinski definition) is 10. The molecule has 17 heteroatoms. The number of aromatic nitrogens is 1. The van der Waals surface area contributed by atoms with Gasteiger partial charge in [-0.2, -0.15) is 0 Å². The van der Waals surface area contributed by atoms with Crippen molar-refractivity contribution in [2.24, 2.45) is 0 Å². The molecule has 2 fully saturated rings. The van der Waals surface area contributed by atoms with Crippen molar-refractivity contribution in [2.45, 2.75) is 115 Å². The van der Waals surface area contributed by atoms with E-state index >= 15 is 0 Å². The number of piperidine rings is 1. The summed E-state index contributed by atoms with van der Waals surface area (Å²) in [6.45, 7) is 3.36. The lowest BCUT2D eigenvalue weighted by molar-refractivity contribution is -0.136. The summed E-state index contributed by atoms with van der Waals surface area (Å²) in [6.07, 6.45) is 10.5. The van der Waals surface area contributed by atoms with E-state index in [9.17, 15) is 38.4 Å². The topological polar surface area (TPSA) is 211 Å². The van der Waals surface area contributed by atoms with Crippen molar-refractivity contribution in [1.82, 2.24) is 35.2 Å². The van der Waals surface area contributed by atoms with Gasteiger partial charge in [0.05, 0.1) is 28.9 Å².